The molecule has 0 aliphatic rings. The smallest absolute Gasteiger partial charge is 0.330 e. The van der Waals surface area contributed by atoms with E-state index in [1.807, 2.05) is 5.32 Å². The van der Waals surface area contributed by atoms with Gasteiger partial charge in [0.15, 0.2) is 0 Å². The molecule has 3 rings (SSSR count). The second-order valence-corrected chi connectivity index (χ2v) is 7.41. The Morgan fingerprint density at radius 3 is 2.51 bits per heavy atom. The highest BCUT2D eigenvalue weighted by atomic mass is 19.4. The molecule has 0 spiro atoms. The van der Waals surface area contributed by atoms with E-state index in [9.17, 15) is 31.5 Å². The molecule has 0 fully saturated rings. The topological polar surface area (TPSA) is 125 Å². The maximum atomic E-state index is 14.4. The Balaban J connectivity index is 1.69. The molecule has 8 nitrogen and oxygen atoms in total. The minimum atomic E-state index is -4.81. The number of alkyl halides is 3. The summed E-state index contributed by atoms with van der Waals surface area (Å²) in [4.78, 5) is 30.7. The van der Waals surface area contributed by atoms with Crippen LogP contribution in [0, 0.1) is 11.6 Å². The summed E-state index contributed by atoms with van der Waals surface area (Å²) < 4.78 is 66.3. The van der Waals surface area contributed by atoms with E-state index in [1.165, 1.54) is 18.2 Å². The number of amides is 2. The first-order valence-corrected chi connectivity index (χ1v) is 10.3. The second kappa shape index (κ2) is 11.1. The van der Waals surface area contributed by atoms with E-state index < -0.39 is 40.7 Å². The molecule has 0 bridgehead atoms. The van der Waals surface area contributed by atoms with Gasteiger partial charge in [0.2, 0.25) is 5.95 Å². The lowest BCUT2D eigenvalue weighted by molar-refractivity contribution is -0.137. The minimum Gasteiger partial charge on any atom is -0.330 e. The van der Waals surface area contributed by atoms with Gasteiger partial charge in [-0.2, -0.15) is 13.2 Å². The van der Waals surface area contributed by atoms with Crippen LogP contribution in [-0.4, -0.2) is 29.1 Å². The summed E-state index contributed by atoms with van der Waals surface area (Å²) in [6, 6.07) is 4.69. The number of hydrogen-bond acceptors (Lipinski definition) is 5. The number of urea groups is 1. The van der Waals surface area contributed by atoms with Gasteiger partial charge in [-0.05, 0) is 49.3 Å². The first-order valence-electron chi connectivity index (χ1n) is 10.3. The quantitative estimate of drug-likeness (QED) is 0.240. The molecule has 0 atom stereocenters. The van der Waals surface area contributed by atoms with Gasteiger partial charge in [0.1, 0.15) is 11.6 Å². The molecule has 13 heteroatoms. The van der Waals surface area contributed by atoms with Crippen LogP contribution in [0.3, 0.4) is 0 Å². The van der Waals surface area contributed by atoms with Crippen LogP contribution in [0.15, 0.2) is 47.4 Å². The molecule has 0 radical (unpaired) electrons. The first-order chi connectivity index (χ1) is 16.6. The van der Waals surface area contributed by atoms with Crippen molar-refractivity contribution in [2.24, 2.45) is 5.73 Å². The zero-order valence-electron chi connectivity index (χ0n) is 18.1. The first kappa shape index (κ1) is 25.8. The second-order valence-electron chi connectivity index (χ2n) is 7.41. The van der Waals surface area contributed by atoms with E-state index in [-0.39, 0.29) is 29.7 Å². The van der Waals surface area contributed by atoms with Gasteiger partial charge in [-0.3, -0.25) is 15.1 Å². The van der Waals surface area contributed by atoms with E-state index in [4.69, 9.17) is 5.73 Å². The van der Waals surface area contributed by atoms with Gasteiger partial charge >= 0.3 is 12.2 Å². The van der Waals surface area contributed by atoms with Crippen molar-refractivity contribution in [2.75, 3.05) is 23.7 Å². The van der Waals surface area contributed by atoms with Crippen LogP contribution in [0.5, 0.6) is 0 Å². The van der Waals surface area contributed by atoms with Gasteiger partial charge in [-0.25, -0.2) is 18.6 Å². The van der Waals surface area contributed by atoms with Crippen LogP contribution >= 0.6 is 0 Å². The highest BCUT2D eigenvalue weighted by Crippen LogP contribution is 2.31. The van der Waals surface area contributed by atoms with Crippen LogP contribution in [0.1, 0.15) is 17.5 Å². The lowest BCUT2D eigenvalue weighted by Crippen LogP contribution is -2.23. The molecule has 2 aromatic carbocycles. The molecule has 0 unspecified atom stereocenters. The standard InChI is InChI=1S/C22H21F5N6O2/c23-15-7-14(22(25,26)27)8-16(9-15)31-21(35)33-20-30-11-17(19(34)32-20)12-2-3-13(18(24)6-12)10-29-5-1-4-28/h2-3,6-9,11,29H,1,4-5,10,28H2,(H3,30,31,32,33,34,35). The molecule has 35 heavy (non-hydrogen) atoms. The van der Waals surface area contributed by atoms with Crippen LogP contribution in [0.4, 0.5) is 38.4 Å². The number of rotatable bonds is 8. The van der Waals surface area contributed by atoms with E-state index in [0.29, 0.717) is 30.8 Å². The Morgan fingerprint density at radius 1 is 1.09 bits per heavy atom. The van der Waals surface area contributed by atoms with Gasteiger partial charge < -0.3 is 16.4 Å². The van der Waals surface area contributed by atoms with Gasteiger partial charge in [-0.15, -0.1) is 0 Å². The largest absolute Gasteiger partial charge is 0.416 e. The number of benzene rings is 2. The average Bonchev–Trinajstić information content (AvgIpc) is 2.76. The molecule has 0 saturated carbocycles. The van der Waals surface area contributed by atoms with Gasteiger partial charge in [0.25, 0.3) is 5.56 Å². The number of carbonyl (C=O) groups excluding carboxylic acids is 1. The Labute approximate surface area is 195 Å². The van der Waals surface area contributed by atoms with Crippen molar-refractivity contribution >= 4 is 17.7 Å². The molecular formula is C22H21F5N6O2. The van der Waals surface area contributed by atoms with Crippen molar-refractivity contribution in [3.63, 3.8) is 0 Å². The SMILES string of the molecule is NCCCNCc1ccc(-c2cnc(NC(=O)Nc3cc(F)cc(C(F)(F)F)c3)[nH]c2=O)cc1F. The molecule has 0 saturated heterocycles. The molecule has 1 aromatic heterocycles. The van der Waals surface area contributed by atoms with Crippen molar-refractivity contribution in [1.82, 2.24) is 15.3 Å². The predicted molar refractivity (Wildman–Crippen MR) is 120 cm³/mol. The number of H-pyrrole nitrogens is 1. The number of nitrogens with two attached hydrogens (primary N) is 1. The van der Waals surface area contributed by atoms with Crippen LogP contribution < -0.4 is 27.2 Å². The Bertz CT molecular complexity index is 1260. The van der Waals surface area contributed by atoms with E-state index >= 15 is 0 Å². The summed E-state index contributed by atoms with van der Waals surface area (Å²) in [6.45, 7) is 1.43. The number of aromatic amines is 1. The van der Waals surface area contributed by atoms with Gasteiger partial charge in [0.05, 0.1) is 11.1 Å². The Hall–Kier alpha value is -3.84. The normalized spacial score (nSPS) is 11.4. The summed E-state index contributed by atoms with van der Waals surface area (Å²) in [7, 11) is 0. The fourth-order valence-electron chi connectivity index (χ4n) is 3.07. The lowest BCUT2D eigenvalue weighted by Gasteiger charge is -2.11. The molecule has 1 heterocycles. The summed E-state index contributed by atoms with van der Waals surface area (Å²) in [5.74, 6) is -2.06. The summed E-state index contributed by atoms with van der Waals surface area (Å²) in [6.07, 6.45) is -2.96. The molecule has 0 aliphatic carbocycles. The van der Waals surface area contributed by atoms with Crippen molar-refractivity contribution in [1.29, 1.82) is 0 Å². The van der Waals surface area contributed by atoms with Crippen LogP contribution in [-0.2, 0) is 12.7 Å². The third-order valence-electron chi connectivity index (χ3n) is 4.75. The molecule has 3 aromatic rings. The lowest BCUT2D eigenvalue weighted by atomic mass is 10.1. The number of carbonyl (C=O) groups is 1. The van der Waals surface area contributed by atoms with Crippen molar-refractivity contribution in [3.8, 4) is 11.1 Å². The highest BCUT2D eigenvalue weighted by molar-refractivity contribution is 5.98. The maximum absolute atomic E-state index is 14.4. The van der Waals surface area contributed by atoms with Crippen LogP contribution in [0.25, 0.3) is 11.1 Å². The number of nitrogens with zero attached hydrogens (tertiary/aromatic N) is 1. The van der Waals surface area contributed by atoms with Crippen molar-refractivity contribution < 1.29 is 26.7 Å². The van der Waals surface area contributed by atoms with E-state index in [1.54, 1.807) is 0 Å². The number of aromatic nitrogens is 2. The molecule has 186 valence electrons. The molecule has 2 amide bonds. The monoisotopic (exact) mass is 496 g/mol. The van der Waals surface area contributed by atoms with Gasteiger partial charge in [0, 0.05) is 24.0 Å². The maximum Gasteiger partial charge on any atom is 0.416 e. The fraction of sp³-hybridized carbons (Fsp3) is 0.227. The van der Waals surface area contributed by atoms with Crippen molar-refractivity contribution in [2.45, 2.75) is 19.1 Å². The van der Waals surface area contributed by atoms with E-state index in [0.717, 1.165) is 12.6 Å². The summed E-state index contributed by atoms with van der Waals surface area (Å²) >= 11 is 0. The molecule has 0 aliphatic heterocycles. The third kappa shape index (κ3) is 7.07. The van der Waals surface area contributed by atoms with Gasteiger partial charge in [-0.1, -0.05) is 12.1 Å². The number of hydrogen-bond donors (Lipinski definition) is 5. The van der Waals surface area contributed by atoms with Crippen LogP contribution in [0.2, 0.25) is 0 Å². The summed E-state index contributed by atoms with van der Waals surface area (Å²) in [5.41, 5.74) is 3.63. The molecular weight excluding hydrogens is 475 g/mol. The summed E-state index contributed by atoms with van der Waals surface area (Å²) in [5, 5.41) is 7.21. The highest BCUT2D eigenvalue weighted by Gasteiger charge is 2.31. The predicted octanol–water partition coefficient (Wildman–Crippen LogP) is 3.82. The number of nitrogens with one attached hydrogen (secondary N) is 4. The zero-order chi connectivity index (χ0) is 25.6. The third-order valence-corrected chi connectivity index (χ3v) is 4.75. The average molecular weight is 496 g/mol. The zero-order valence-corrected chi connectivity index (χ0v) is 18.1. The Kier molecular flexibility index (Phi) is 8.14. The minimum absolute atomic E-state index is 0.0254. The fourth-order valence-corrected chi connectivity index (χ4v) is 3.07. The molecule has 6 N–H and O–H groups in total. The number of anilines is 2. The Morgan fingerprint density at radius 2 is 1.86 bits per heavy atom. The number of halogens is 5. The van der Waals surface area contributed by atoms with E-state index in [2.05, 4.69) is 20.6 Å². The van der Waals surface area contributed by atoms with Crippen molar-refractivity contribution in [3.05, 3.63) is 75.7 Å².